The highest BCUT2D eigenvalue weighted by Gasteiger charge is 2.06. The molecule has 0 saturated carbocycles. The van der Waals surface area contributed by atoms with Crippen molar-refractivity contribution in [3.05, 3.63) is 42.2 Å². The van der Waals surface area contributed by atoms with E-state index < -0.39 is 5.95 Å². The largest absolute Gasteiger partial charge is 0.482 e. The van der Waals surface area contributed by atoms with Crippen molar-refractivity contribution < 1.29 is 9.13 Å². The Kier molecular flexibility index (Phi) is 3.37. The number of hydrogen-bond acceptors (Lipinski definition) is 3. The fourth-order valence-corrected chi connectivity index (χ4v) is 1.37. The summed E-state index contributed by atoms with van der Waals surface area (Å²) in [5, 5.41) is 4.30. The maximum Gasteiger partial charge on any atom is 0.255 e. The fraction of sp³-hybridized carbons (Fsp3) is 0.333. The molecule has 17 heavy (non-hydrogen) atoms. The van der Waals surface area contributed by atoms with Crippen LogP contribution in [0, 0.1) is 5.95 Å². The number of pyridine rings is 1. The highest BCUT2D eigenvalue weighted by molar-refractivity contribution is 5.18. The van der Waals surface area contributed by atoms with E-state index in [1.807, 2.05) is 30.8 Å². The van der Waals surface area contributed by atoms with Crippen LogP contribution < -0.4 is 4.74 Å². The summed E-state index contributed by atoms with van der Waals surface area (Å²) in [6.45, 7) is 4.32. The van der Waals surface area contributed by atoms with Crippen molar-refractivity contribution >= 4 is 0 Å². The molecular weight excluding hydrogens is 221 g/mol. The Morgan fingerprint density at radius 1 is 1.41 bits per heavy atom. The van der Waals surface area contributed by atoms with Gasteiger partial charge in [-0.25, -0.2) is 4.98 Å². The normalized spacial score (nSPS) is 10.8. The molecule has 0 fully saturated rings. The smallest absolute Gasteiger partial charge is 0.255 e. The van der Waals surface area contributed by atoms with Gasteiger partial charge in [0.2, 0.25) is 0 Å². The summed E-state index contributed by atoms with van der Waals surface area (Å²) in [5.41, 5.74) is 0.766. The first-order chi connectivity index (χ1) is 8.16. The van der Waals surface area contributed by atoms with E-state index in [1.165, 1.54) is 6.20 Å². The summed E-state index contributed by atoms with van der Waals surface area (Å²) in [6.07, 6.45) is 3.26. The Hall–Kier alpha value is -1.91. The van der Waals surface area contributed by atoms with Gasteiger partial charge in [-0.2, -0.15) is 9.49 Å². The quantitative estimate of drug-likeness (QED) is 0.765. The summed E-state index contributed by atoms with van der Waals surface area (Å²) in [5.74, 6) is -0.456. The summed E-state index contributed by atoms with van der Waals surface area (Å²) < 4.78 is 20.3. The Morgan fingerprint density at radius 2 is 2.24 bits per heavy atom. The molecule has 0 aliphatic carbocycles. The standard InChI is InChI=1S/C12H14FN3O/c1-9(2)16-7-5-10(15-16)8-17-11-4-3-6-14-12(11)13/h3-7,9H,8H2,1-2H3. The molecule has 2 aromatic rings. The van der Waals surface area contributed by atoms with Crippen LogP contribution in [-0.4, -0.2) is 14.8 Å². The third kappa shape index (κ3) is 2.81. The maximum absolute atomic E-state index is 13.2. The Morgan fingerprint density at radius 3 is 2.88 bits per heavy atom. The van der Waals surface area contributed by atoms with E-state index in [-0.39, 0.29) is 12.4 Å². The first-order valence-electron chi connectivity index (χ1n) is 5.44. The highest BCUT2D eigenvalue weighted by Crippen LogP contribution is 2.14. The second kappa shape index (κ2) is 4.95. The lowest BCUT2D eigenvalue weighted by molar-refractivity contribution is 0.279. The molecule has 0 bridgehead atoms. The van der Waals surface area contributed by atoms with Crippen molar-refractivity contribution in [2.75, 3.05) is 0 Å². The molecule has 0 spiro atoms. The van der Waals surface area contributed by atoms with Crippen molar-refractivity contribution in [1.29, 1.82) is 0 Å². The van der Waals surface area contributed by atoms with Crippen molar-refractivity contribution in [1.82, 2.24) is 14.8 Å². The van der Waals surface area contributed by atoms with Gasteiger partial charge in [0.15, 0.2) is 5.75 Å². The molecule has 2 heterocycles. The van der Waals surface area contributed by atoms with E-state index in [0.29, 0.717) is 6.04 Å². The van der Waals surface area contributed by atoms with Crippen LogP contribution in [0.1, 0.15) is 25.6 Å². The van der Waals surface area contributed by atoms with Crippen LogP contribution >= 0.6 is 0 Å². The molecule has 90 valence electrons. The third-order valence-electron chi connectivity index (χ3n) is 2.29. The average Bonchev–Trinajstić information content (AvgIpc) is 2.77. The molecule has 4 nitrogen and oxygen atoms in total. The van der Waals surface area contributed by atoms with Crippen molar-refractivity contribution in [3.8, 4) is 5.75 Å². The molecule has 5 heteroatoms. The SMILES string of the molecule is CC(C)n1ccc(COc2cccnc2F)n1. The van der Waals surface area contributed by atoms with Crippen LogP contribution in [0.4, 0.5) is 4.39 Å². The first kappa shape index (κ1) is 11.6. The van der Waals surface area contributed by atoms with Crippen molar-refractivity contribution in [3.63, 3.8) is 0 Å². The van der Waals surface area contributed by atoms with Gasteiger partial charge in [-0.3, -0.25) is 4.68 Å². The van der Waals surface area contributed by atoms with Gasteiger partial charge >= 0.3 is 0 Å². The predicted molar refractivity (Wildman–Crippen MR) is 61.1 cm³/mol. The molecule has 0 amide bonds. The second-order valence-corrected chi connectivity index (χ2v) is 3.96. The van der Waals surface area contributed by atoms with E-state index in [2.05, 4.69) is 10.1 Å². The lowest BCUT2D eigenvalue weighted by atomic mass is 10.4. The van der Waals surface area contributed by atoms with Crippen LogP contribution in [0.5, 0.6) is 5.75 Å². The molecule has 0 aliphatic heterocycles. The van der Waals surface area contributed by atoms with Crippen LogP contribution in [0.15, 0.2) is 30.6 Å². The zero-order valence-corrected chi connectivity index (χ0v) is 9.80. The van der Waals surface area contributed by atoms with Gasteiger partial charge < -0.3 is 4.74 Å². The van der Waals surface area contributed by atoms with Crippen molar-refractivity contribution in [2.24, 2.45) is 0 Å². The molecule has 0 saturated heterocycles. The third-order valence-corrected chi connectivity index (χ3v) is 2.29. The number of hydrogen-bond donors (Lipinski definition) is 0. The zero-order valence-electron chi connectivity index (χ0n) is 9.80. The van der Waals surface area contributed by atoms with Gasteiger partial charge in [0.1, 0.15) is 6.61 Å². The average molecular weight is 235 g/mol. The minimum absolute atomic E-state index is 0.145. The molecule has 0 aromatic carbocycles. The molecule has 0 radical (unpaired) electrons. The van der Waals surface area contributed by atoms with E-state index in [4.69, 9.17) is 4.74 Å². The first-order valence-corrected chi connectivity index (χ1v) is 5.44. The van der Waals surface area contributed by atoms with Gasteiger partial charge in [0.25, 0.3) is 5.95 Å². The molecular formula is C12H14FN3O. The molecule has 0 N–H and O–H groups in total. The number of aromatic nitrogens is 3. The molecule has 2 aromatic heterocycles. The van der Waals surface area contributed by atoms with Gasteiger partial charge in [-0.15, -0.1) is 0 Å². The van der Waals surface area contributed by atoms with Crippen molar-refractivity contribution in [2.45, 2.75) is 26.5 Å². The second-order valence-electron chi connectivity index (χ2n) is 3.96. The number of rotatable bonds is 4. The lowest BCUT2D eigenvalue weighted by Crippen LogP contribution is -2.04. The van der Waals surface area contributed by atoms with E-state index in [1.54, 1.807) is 12.1 Å². The molecule has 2 rings (SSSR count). The number of nitrogens with zero attached hydrogens (tertiary/aromatic N) is 3. The summed E-state index contributed by atoms with van der Waals surface area (Å²) in [6, 6.07) is 5.33. The van der Waals surface area contributed by atoms with E-state index >= 15 is 0 Å². The van der Waals surface area contributed by atoms with Gasteiger partial charge in [0.05, 0.1) is 5.69 Å². The Labute approximate surface area is 99.1 Å². The van der Waals surface area contributed by atoms with Crippen LogP contribution in [0.25, 0.3) is 0 Å². The molecule has 0 unspecified atom stereocenters. The van der Waals surface area contributed by atoms with E-state index in [0.717, 1.165) is 5.69 Å². The Balaban J connectivity index is 2.00. The summed E-state index contributed by atoms with van der Waals surface area (Å²) >= 11 is 0. The van der Waals surface area contributed by atoms with Crippen LogP contribution in [0.3, 0.4) is 0 Å². The number of ether oxygens (including phenoxy) is 1. The van der Waals surface area contributed by atoms with E-state index in [9.17, 15) is 4.39 Å². The molecule has 0 atom stereocenters. The Bertz CT molecular complexity index is 496. The van der Waals surface area contributed by atoms with Gasteiger partial charge in [0, 0.05) is 18.4 Å². The lowest BCUT2D eigenvalue weighted by Gasteiger charge is -2.05. The molecule has 0 aliphatic rings. The number of halogens is 1. The summed E-state index contributed by atoms with van der Waals surface area (Å²) in [7, 11) is 0. The predicted octanol–water partition coefficient (Wildman–Crippen LogP) is 2.58. The van der Waals surface area contributed by atoms with Crippen LogP contribution in [0.2, 0.25) is 0 Å². The summed E-state index contributed by atoms with van der Waals surface area (Å²) in [4.78, 5) is 3.51. The maximum atomic E-state index is 13.2. The topological polar surface area (TPSA) is 39.9 Å². The van der Waals surface area contributed by atoms with Gasteiger partial charge in [-0.1, -0.05) is 0 Å². The fourth-order valence-electron chi connectivity index (χ4n) is 1.37. The monoisotopic (exact) mass is 235 g/mol. The zero-order chi connectivity index (χ0) is 12.3. The highest BCUT2D eigenvalue weighted by atomic mass is 19.1. The van der Waals surface area contributed by atoms with Crippen LogP contribution in [-0.2, 0) is 6.61 Å². The minimum atomic E-state index is -0.601. The van der Waals surface area contributed by atoms with Gasteiger partial charge in [-0.05, 0) is 32.0 Å². The minimum Gasteiger partial charge on any atom is -0.482 e.